The maximum atomic E-state index is 12.7. The van der Waals surface area contributed by atoms with Gasteiger partial charge in [-0.25, -0.2) is 0 Å². The molecule has 4 atom stereocenters. The summed E-state index contributed by atoms with van der Waals surface area (Å²) in [6.07, 6.45) is 0. The van der Waals surface area contributed by atoms with E-state index in [1.165, 1.54) is 5.56 Å². The van der Waals surface area contributed by atoms with E-state index in [1.807, 2.05) is 42.5 Å². The number of anilines is 1. The van der Waals surface area contributed by atoms with Gasteiger partial charge in [-0.1, -0.05) is 37.3 Å². The molecule has 0 aromatic heterocycles. The van der Waals surface area contributed by atoms with Crippen molar-refractivity contribution in [3.8, 4) is 5.75 Å². The monoisotopic (exact) mass is 342 g/mol. The van der Waals surface area contributed by atoms with E-state index in [0.717, 1.165) is 11.4 Å². The van der Waals surface area contributed by atoms with E-state index in [1.54, 1.807) is 18.9 Å². The van der Waals surface area contributed by atoms with Gasteiger partial charge < -0.3 is 15.8 Å². The summed E-state index contributed by atoms with van der Waals surface area (Å²) in [5, 5.41) is 3.02. The molecule has 2 aromatic carbocycles. The van der Waals surface area contributed by atoms with Crippen LogP contribution in [-0.4, -0.2) is 18.4 Å². The quantitative estimate of drug-likeness (QED) is 0.890. The Morgan fingerprint density at radius 3 is 2.42 bits per heavy atom. The largest absolute Gasteiger partial charge is 0.497 e. The van der Waals surface area contributed by atoms with Crippen molar-refractivity contribution in [1.29, 1.82) is 0 Å². The number of amides is 1. The van der Waals surface area contributed by atoms with Crippen LogP contribution >= 0.6 is 11.8 Å². The van der Waals surface area contributed by atoms with Gasteiger partial charge in [0.2, 0.25) is 5.91 Å². The van der Waals surface area contributed by atoms with Gasteiger partial charge in [-0.15, -0.1) is 11.8 Å². The first-order valence-corrected chi connectivity index (χ1v) is 8.95. The van der Waals surface area contributed by atoms with Crippen molar-refractivity contribution in [2.45, 2.75) is 17.5 Å². The van der Waals surface area contributed by atoms with Gasteiger partial charge in [0.1, 0.15) is 5.75 Å². The smallest absolute Gasteiger partial charge is 0.230 e. The third-order valence-electron chi connectivity index (χ3n) is 4.49. The van der Waals surface area contributed by atoms with E-state index in [0.29, 0.717) is 0 Å². The molecule has 1 saturated heterocycles. The normalized spacial score (nSPS) is 26.1. The number of hydrogen-bond donors (Lipinski definition) is 2. The van der Waals surface area contributed by atoms with Crippen LogP contribution < -0.4 is 15.8 Å². The Morgan fingerprint density at radius 2 is 1.79 bits per heavy atom. The molecule has 24 heavy (non-hydrogen) atoms. The second kappa shape index (κ2) is 7.28. The first kappa shape index (κ1) is 16.9. The number of methoxy groups -OCH3 is 1. The summed E-state index contributed by atoms with van der Waals surface area (Å²) in [5.74, 6) is 0.692. The molecule has 3 rings (SSSR count). The molecule has 0 radical (unpaired) electrons. The Kier molecular flexibility index (Phi) is 5.11. The van der Waals surface area contributed by atoms with E-state index < -0.39 is 0 Å². The second-order valence-electron chi connectivity index (χ2n) is 6.03. The van der Waals surface area contributed by atoms with Crippen molar-refractivity contribution >= 4 is 23.4 Å². The molecule has 2 aromatic rings. The van der Waals surface area contributed by atoms with Crippen LogP contribution in [0.5, 0.6) is 5.75 Å². The molecule has 3 N–H and O–H groups in total. The maximum Gasteiger partial charge on any atom is 0.230 e. The number of ether oxygens (including phenoxy) is 1. The highest BCUT2D eigenvalue weighted by molar-refractivity contribution is 8.00. The van der Waals surface area contributed by atoms with Crippen LogP contribution in [0.4, 0.5) is 5.69 Å². The predicted molar refractivity (Wildman–Crippen MR) is 99.0 cm³/mol. The van der Waals surface area contributed by atoms with Crippen LogP contribution in [0.1, 0.15) is 17.7 Å². The number of benzene rings is 2. The lowest BCUT2D eigenvalue weighted by Crippen LogP contribution is -2.36. The molecule has 1 aliphatic heterocycles. The number of carbonyl (C=O) groups is 1. The summed E-state index contributed by atoms with van der Waals surface area (Å²) in [4.78, 5) is 12.7. The summed E-state index contributed by atoms with van der Waals surface area (Å²) in [6, 6.07) is 17.6. The fraction of sp³-hybridized carbons (Fsp3) is 0.316. The Labute approximate surface area is 146 Å². The van der Waals surface area contributed by atoms with Crippen molar-refractivity contribution in [3.63, 3.8) is 0 Å². The molecule has 1 heterocycles. The number of nitrogens with two attached hydrogens (primary N) is 1. The van der Waals surface area contributed by atoms with Crippen LogP contribution in [0.2, 0.25) is 0 Å². The van der Waals surface area contributed by atoms with Gasteiger partial charge in [-0.2, -0.15) is 0 Å². The molecule has 5 heteroatoms. The molecule has 1 aliphatic rings. The summed E-state index contributed by atoms with van der Waals surface area (Å²) < 4.78 is 5.14. The lowest BCUT2D eigenvalue weighted by Gasteiger charge is -2.20. The third kappa shape index (κ3) is 3.42. The van der Waals surface area contributed by atoms with Crippen molar-refractivity contribution in [1.82, 2.24) is 0 Å². The summed E-state index contributed by atoms with van der Waals surface area (Å²) in [7, 11) is 1.62. The van der Waals surface area contributed by atoms with Gasteiger partial charge in [-0.3, -0.25) is 4.79 Å². The number of thioether (sulfide) groups is 1. The first-order valence-electron chi connectivity index (χ1n) is 8.01. The van der Waals surface area contributed by atoms with Crippen LogP contribution in [0.15, 0.2) is 54.6 Å². The molecule has 1 fully saturated rings. The number of nitrogens with one attached hydrogen (secondary N) is 1. The zero-order valence-electron chi connectivity index (χ0n) is 13.8. The third-order valence-corrected chi connectivity index (χ3v) is 6.09. The summed E-state index contributed by atoms with van der Waals surface area (Å²) in [5.41, 5.74) is 8.26. The molecule has 0 saturated carbocycles. The molecule has 0 spiro atoms. The highest BCUT2D eigenvalue weighted by Crippen LogP contribution is 2.50. The first-order chi connectivity index (χ1) is 11.6. The van der Waals surface area contributed by atoms with Crippen LogP contribution in [0, 0.1) is 11.8 Å². The standard InChI is InChI=1S/C19H22N2O2S/c1-12-16(18(20)24-17(12)13-6-4-3-5-7-13)19(22)21-14-8-10-15(23-2)11-9-14/h3-12,16-18H,20H2,1-2H3,(H,21,22). The van der Waals surface area contributed by atoms with Gasteiger partial charge in [-0.05, 0) is 35.7 Å². The lowest BCUT2D eigenvalue weighted by atomic mass is 9.87. The molecule has 1 amide bonds. The minimum Gasteiger partial charge on any atom is -0.497 e. The van der Waals surface area contributed by atoms with Gasteiger partial charge in [0.15, 0.2) is 0 Å². The van der Waals surface area contributed by atoms with Crippen LogP contribution in [0.3, 0.4) is 0 Å². The van der Waals surface area contributed by atoms with Crippen LogP contribution in [0.25, 0.3) is 0 Å². The molecular weight excluding hydrogens is 320 g/mol. The van der Waals surface area contributed by atoms with Crippen molar-refractivity contribution in [3.05, 3.63) is 60.2 Å². The second-order valence-corrected chi connectivity index (χ2v) is 7.36. The molecule has 0 aliphatic carbocycles. The van der Waals surface area contributed by atoms with Gasteiger partial charge in [0.25, 0.3) is 0 Å². The van der Waals surface area contributed by atoms with Crippen molar-refractivity contribution in [2.24, 2.45) is 17.6 Å². The topological polar surface area (TPSA) is 64.3 Å². The summed E-state index contributed by atoms with van der Waals surface area (Å²) >= 11 is 1.68. The molecule has 0 bridgehead atoms. The highest BCUT2D eigenvalue weighted by Gasteiger charge is 2.44. The van der Waals surface area contributed by atoms with Crippen molar-refractivity contribution in [2.75, 3.05) is 12.4 Å². The molecule has 126 valence electrons. The van der Waals surface area contributed by atoms with Crippen molar-refractivity contribution < 1.29 is 9.53 Å². The number of carbonyl (C=O) groups excluding carboxylic acids is 1. The van der Waals surface area contributed by atoms with E-state index in [2.05, 4.69) is 24.4 Å². The SMILES string of the molecule is COc1ccc(NC(=O)C2C(N)SC(c3ccccc3)C2C)cc1. The average Bonchev–Trinajstić information content (AvgIpc) is 2.91. The zero-order chi connectivity index (χ0) is 17.1. The Hall–Kier alpha value is -1.98. The predicted octanol–water partition coefficient (Wildman–Crippen LogP) is 3.66. The zero-order valence-corrected chi connectivity index (χ0v) is 14.6. The Morgan fingerprint density at radius 1 is 1.12 bits per heavy atom. The fourth-order valence-electron chi connectivity index (χ4n) is 3.18. The molecule has 4 nitrogen and oxygen atoms in total. The number of rotatable bonds is 4. The lowest BCUT2D eigenvalue weighted by molar-refractivity contribution is -0.121. The Bertz CT molecular complexity index is 690. The molecule has 4 unspecified atom stereocenters. The van der Waals surface area contributed by atoms with E-state index >= 15 is 0 Å². The van der Waals surface area contributed by atoms with Crippen LogP contribution in [-0.2, 0) is 4.79 Å². The number of hydrogen-bond acceptors (Lipinski definition) is 4. The van der Waals surface area contributed by atoms with Gasteiger partial charge in [0, 0.05) is 10.9 Å². The minimum atomic E-state index is -0.220. The van der Waals surface area contributed by atoms with E-state index in [9.17, 15) is 4.79 Å². The van der Waals surface area contributed by atoms with Gasteiger partial charge >= 0.3 is 0 Å². The average molecular weight is 342 g/mol. The van der Waals surface area contributed by atoms with E-state index in [4.69, 9.17) is 10.5 Å². The fourth-order valence-corrected chi connectivity index (χ4v) is 4.79. The maximum absolute atomic E-state index is 12.7. The highest BCUT2D eigenvalue weighted by atomic mass is 32.2. The Balaban J connectivity index is 1.72. The minimum absolute atomic E-state index is 0.0221. The van der Waals surface area contributed by atoms with E-state index in [-0.39, 0.29) is 28.4 Å². The van der Waals surface area contributed by atoms with Gasteiger partial charge in [0.05, 0.1) is 18.4 Å². The summed E-state index contributed by atoms with van der Waals surface area (Å²) in [6.45, 7) is 2.11. The molecular formula is C19H22N2O2S.